The van der Waals surface area contributed by atoms with Gasteiger partial charge in [-0.25, -0.2) is 0 Å². The lowest BCUT2D eigenvalue weighted by molar-refractivity contribution is -0.202. The molecule has 5 nitrogen and oxygen atoms in total. The molecule has 0 aliphatic carbocycles. The molecule has 1 saturated heterocycles. The molecule has 0 radical (unpaired) electrons. The summed E-state index contributed by atoms with van der Waals surface area (Å²) < 4.78 is 5.48. The maximum Gasteiger partial charge on any atom is 0.132 e. The zero-order chi connectivity index (χ0) is 12.3. The maximum atomic E-state index is 9.76. The quantitative estimate of drug-likeness (QED) is 0.480. The van der Waals surface area contributed by atoms with Gasteiger partial charge >= 0.3 is 0 Å². The van der Waals surface area contributed by atoms with Crippen molar-refractivity contribution in [2.75, 3.05) is 6.26 Å². The first-order valence-electron chi connectivity index (χ1n) is 5.11. The van der Waals surface area contributed by atoms with Crippen LogP contribution in [-0.2, 0) is 4.74 Å². The molecule has 0 aromatic heterocycles. The molecule has 1 fully saturated rings. The van der Waals surface area contributed by atoms with Gasteiger partial charge in [-0.05, 0) is 12.7 Å². The van der Waals surface area contributed by atoms with E-state index in [-0.39, 0.29) is 0 Å². The molecule has 6 unspecified atom stereocenters. The number of thioether (sulfide) groups is 1. The van der Waals surface area contributed by atoms with Crippen molar-refractivity contribution in [3.05, 3.63) is 12.7 Å². The van der Waals surface area contributed by atoms with E-state index in [1.54, 1.807) is 12.3 Å². The molecule has 94 valence electrons. The van der Waals surface area contributed by atoms with Crippen molar-refractivity contribution < 1.29 is 20.1 Å². The van der Waals surface area contributed by atoms with Crippen LogP contribution in [0.5, 0.6) is 0 Å². The molecule has 1 aliphatic heterocycles. The van der Waals surface area contributed by atoms with Gasteiger partial charge in [0, 0.05) is 6.04 Å². The molecule has 1 rings (SSSR count). The molecule has 0 aromatic carbocycles. The summed E-state index contributed by atoms with van der Waals surface area (Å²) in [6, 6.07) is -0.440. The Balaban J connectivity index is 2.73. The minimum Gasteiger partial charge on any atom is -0.388 e. The van der Waals surface area contributed by atoms with Crippen LogP contribution in [0, 0.1) is 0 Å². The third-order valence-corrected chi connectivity index (χ3v) is 3.55. The largest absolute Gasteiger partial charge is 0.388 e. The Morgan fingerprint density at radius 2 is 2.00 bits per heavy atom. The molecule has 1 aliphatic rings. The highest BCUT2D eigenvalue weighted by Crippen LogP contribution is 2.28. The number of aliphatic hydroxyl groups is 3. The van der Waals surface area contributed by atoms with Gasteiger partial charge in [0.2, 0.25) is 0 Å². The highest BCUT2D eigenvalue weighted by molar-refractivity contribution is 7.99. The summed E-state index contributed by atoms with van der Waals surface area (Å²) >= 11 is 1.27. The van der Waals surface area contributed by atoms with Crippen LogP contribution in [0.3, 0.4) is 0 Å². The van der Waals surface area contributed by atoms with Crippen LogP contribution in [0.25, 0.3) is 0 Å². The van der Waals surface area contributed by atoms with Crippen molar-refractivity contribution in [2.24, 2.45) is 5.73 Å². The number of hydrogen-bond donors (Lipinski definition) is 4. The topological polar surface area (TPSA) is 95.9 Å². The Bertz CT molecular complexity index is 239. The molecule has 0 bridgehead atoms. The van der Waals surface area contributed by atoms with Crippen molar-refractivity contribution >= 4 is 11.8 Å². The number of nitrogens with two attached hydrogens (primary N) is 1. The third-order valence-electron chi connectivity index (χ3n) is 2.70. The van der Waals surface area contributed by atoms with Gasteiger partial charge in [0.05, 0.1) is 0 Å². The Kier molecular flexibility index (Phi) is 5.23. The molecule has 0 aromatic rings. The lowest BCUT2D eigenvalue weighted by Crippen LogP contribution is -2.61. The van der Waals surface area contributed by atoms with E-state index in [9.17, 15) is 15.3 Å². The summed E-state index contributed by atoms with van der Waals surface area (Å²) in [6.07, 6.45) is -0.321. The van der Waals surface area contributed by atoms with E-state index in [1.165, 1.54) is 11.8 Å². The number of ether oxygens (including phenoxy) is 1. The van der Waals surface area contributed by atoms with E-state index in [0.717, 1.165) is 0 Å². The molecular weight excluding hydrogens is 230 g/mol. The Labute approximate surface area is 99.3 Å². The van der Waals surface area contributed by atoms with Gasteiger partial charge < -0.3 is 25.8 Å². The Morgan fingerprint density at radius 3 is 2.50 bits per heavy atom. The van der Waals surface area contributed by atoms with Crippen molar-refractivity contribution in [3.8, 4) is 0 Å². The van der Waals surface area contributed by atoms with E-state index in [2.05, 4.69) is 6.58 Å². The first-order valence-corrected chi connectivity index (χ1v) is 6.40. The van der Waals surface area contributed by atoms with E-state index in [1.807, 2.05) is 0 Å². The molecule has 0 amide bonds. The van der Waals surface area contributed by atoms with Crippen LogP contribution in [0.4, 0.5) is 0 Å². The van der Waals surface area contributed by atoms with Crippen LogP contribution in [-0.4, -0.2) is 57.5 Å². The predicted molar refractivity (Wildman–Crippen MR) is 63.0 cm³/mol. The maximum absolute atomic E-state index is 9.76. The minimum atomic E-state index is -1.23. The Hall–Kier alpha value is -0.110. The third kappa shape index (κ3) is 2.77. The van der Waals surface area contributed by atoms with Gasteiger partial charge in [-0.15, -0.1) is 18.3 Å². The van der Waals surface area contributed by atoms with E-state index in [0.29, 0.717) is 6.42 Å². The van der Waals surface area contributed by atoms with Crippen LogP contribution >= 0.6 is 11.8 Å². The molecule has 6 heteroatoms. The lowest BCUT2D eigenvalue weighted by Gasteiger charge is -2.42. The molecule has 0 saturated carbocycles. The number of hydrogen-bond acceptors (Lipinski definition) is 6. The summed E-state index contributed by atoms with van der Waals surface area (Å²) in [6.45, 7) is 3.56. The van der Waals surface area contributed by atoms with Gasteiger partial charge in [-0.2, -0.15) is 0 Å². The molecule has 1 heterocycles. The normalized spacial score (nSPS) is 41.7. The highest BCUT2D eigenvalue weighted by atomic mass is 32.2. The van der Waals surface area contributed by atoms with Crippen molar-refractivity contribution in [1.29, 1.82) is 0 Å². The SMILES string of the molecule is C=CCC(N)C1OC(SC)C(O)C(O)C1O. The molecule has 0 spiro atoms. The first-order chi connectivity index (χ1) is 7.52. The monoisotopic (exact) mass is 249 g/mol. The van der Waals surface area contributed by atoms with Crippen LogP contribution in [0.2, 0.25) is 0 Å². The van der Waals surface area contributed by atoms with Crippen LogP contribution in [0.1, 0.15) is 6.42 Å². The Morgan fingerprint density at radius 1 is 1.38 bits per heavy atom. The zero-order valence-electron chi connectivity index (χ0n) is 9.19. The second-order valence-corrected chi connectivity index (χ2v) is 4.80. The smallest absolute Gasteiger partial charge is 0.132 e. The first kappa shape index (κ1) is 14.0. The molecule has 5 N–H and O–H groups in total. The van der Waals surface area contributed by atoms with E-state index >= 15 is 0 Å². The number of rotatable bonds is 4. The fourth-order valence-corrected chi connectivity index (χ4v) is 2.43. The second kappa shape index (κ2) is 6.00. The predicted octanol–water partition coefficient (Wildman–Crippen LogP) is -0.940. The average Bonchev–Trinajstić information content (AvgIpc) is 2.27. The van der Waals surface area contributed by atoms with Crippen molar-refractivity contribution in [1.82, 2.24) is 0 Å². The van der Waals surface area contributed by atoms with E-state index in [4.69, 9.17) is 10.5 Å². The standard InChI is InChI=1S/C10H19NO4S/c1-3-4-5(11)9-7(13)6(12)8(14)10(15-9)16-2/h3,5-10,12-14H,1,4,11H2,2H3. The van der Waals surface area contributed by atoms with Gasteiger partial charge in [0.15, 0.2) is 0 Å². The summed E-state index contributed by atoms with van der Waals surface area (Å²) in [4.78, 5) is 0. The van der Waals surface area contributed by atoms with Crippen molar-refractivity contribution in [2.45, 2.75) is 42.3 Å². The van der Waals surface area contributed by atoms with Gasteiger partial charge in [-0.3, -0.25) is 0 Å². The summed E-state index contributed by atoms with van der Waals surface area (Å²) in [7, 11) is 0. The van der Waals surface area contributed by atoms with Gasteiger partial charge in [0.25, 0.3) is 0 Å². The molecule has 16 heavy (non-hydrogen) atoms. The van der Waals surface area contributed by atoms with E-state index < -0.39 is 35.9 Å². The van der Waals surface area contributed by atoms with Crippen LogP contribution < -0.4 is 5.73 Å². The number of aliphatic hydroxyl groups excluding tert-OH is 3. The molecule has 6 atom stereocenters. The highest BCUT2D eigenvalue weighted by Gasteiger charge is 2.45. The second-order valence-electron chi connectivity index (χ2n) is 3.86. The fraction of sp³-hybridized carbons (Fsp3) is 0.800. The minimum absolute atomic E-state index is 0.440. The van der Waals surface area contributed by atoms with Gasteiger partial charge in [-0.1, -0.05) is 6.08 Å². The summed E-state index contributed by atoms with van der Waals surface area (Å²) in [5.74, 6) is 0. The van der Waals surface area contributed by atoms with Crippen LogP contribution in [0.15, 0.2) is 12.7 Å². The lowest BCUT2D eigenvalue weighted by atomic mass is 9.94. The molecular formula is C10H19NO4S. The fourth-order valence-electron chi connectivity index (χ4n) is 1.75. The van der Waals surface area contributed by atoms with Crippen molar-refractivity contribution in [3.63, 3.8) is 0 Å². The average molecular weight is 249 g/mol. The van der Waals surface area contributed by atoms with Gasteiger partial charge in [0.1, 0.15) is 29.9 Å². The summed E-state index contributed by atoms with van der Waals surface area (Å²) in [5.41, 5.74) is 5.25. The summed E-state index contributed by atoms with van der Waals surface area (Å²) in [5, 5.41) is 29.0. The zero-order valence-corrected chi connectivity index (χ0v) is 10.0.